The third-order valence-corrected chi connectivity index (χ3v) is 6.47. The van der Waals surface area contributed by atoms with E-state index in [4.69, 9.17) is 14.9 Å². The number of nitrogen functional groups attached to an aromatic ring is 1. The SMILES string of the molecule is Cc1ccc2oc(=O)c(CC(CCc3ccc(OCCCc4ccc(N)cc4)cc3)C(=O)NO)cc2c1. The molecule has 4 rings (SSSR count). The number of rotatable bonds is 11. The normalized spacial score (nSPS) is 11.8. The Morgan fingerprint density at radius 1 is 1.00 bits per heavy atom. The molecule has 0 aliphatic carbocycles. The molecule has 4 aromatic rings. The van der Waals surface area contributed by atoms with E-state index in [1.807, 2.05) is 67.6 Å². The Morgan fingerprint density at radius 2 is 1.70 bits per heavy atom. The quantitative estimate of drug-likeness (QED) is 0.0879. The molecular weight excluding hydrogens is 468 g/mol. The molecule has 3 aromatic carbocycles. The third-order valence-electron chi connectivity index (χ3n) is 6.47. The van der Waals surface area contributed by atoms with Crippen LogP contribution in [0.25, 0.3) is 11.0 Å². The summed E-state index contributed by atoms with van der Waals surface area (Å²) >= 11 is 0. The van der Waals surface area contributed by atoms with Gasteiger partial charge in [-0.3, -0.25) is 10.0 Å². The van der Waals surface area contributed by atoms with Crippen molar-refractivity contribution < 1.29 is 19.2 Å². The van der Waals surface area contributed by atoms with Gasteiger partial charge in [0.25, 0.3) is 0 Å². The van der Waals surface area contributed by atoms with Gasteiger partial charge in [0.1, 0.15) is 11.3 Å². The first-order valence-corrected chi connectivity index (χ1v) is 12.4. The monoisotopic (exact) mass is 500 g/mol. The van der Waals surface area contributed by atoms with Gasteiger partial charge in [0.15, 0.2) is 0 Å². The van der Waals surface area contributed by atoms with Crippen LogP contribution in [0.15, 0.2) is 82.0 Å². The van der Waals surface area contributed by atoms with Crippen LogP contribution in [-0.4, -0.2) is 17.7 Å². The van der Waals surface area contributed by atoms with Crippen molar-refractivity contribution >= 4 is 22.6 Å². The zero-order valence-electron chi connectivity index (χ0n) is 20.9. The van der Waals surface area contributed by atoms with Crippen LogP contribution < -0.4 is 21.6 Å². The Bertz CT molecular complexity index is 1390. The Kier molecular flexibility index (Phi) is 8.59. The number of nitrogens with two attached hydrogens (primary N) is 1. The van der Waals surface area contributed by atoms with Crippen molar-refractivity contribution in [3.63, 3.8) is 0 Å². The van der Waals surface area contributed by atoms with Crippen molar-refractivity contribution in [3.8, 4) is 5.75 Å². The van der Waals surface area contributed by atoms with Crippen LogP contribution in [0.2, 0.25) is 0 Å². The highest BCUT2D eigenvalue weighted by Crippen LogP contribution is 2.21. The number of anilines is 1. The minimum absolute atomic E-state index is 0.174. The number of nitrogens with one attached hydrogen (secondary N) is 1. The maximum Gasteiger partial charge on any atom is 0.339 e. The topological polar surface area (TPSA) is 115 Å². The van der Waals surface area contributed by atoms with Crippen molar-refractivity contribution in [2.45, 2.75) is 39.0 Å². The molecule has 4 N–H and O–H groups in total. The van der Waals surface area contributed by atoms with Crippen molar-refractivity contribution in [2.24, 2.45) is 5.92 Å². The molecular formula is C30H32N2O5. The summed E-state index contributed by atoms with van der Waals surface area (Å²) < 4.78 is 11.3. The fourth-order valence-electron chi connectivity index (χ4n) is 4.35. The average Bonchev–Trinajstić information content (AvgIpc) is 2.90. The molecule has 7 heteroatoms. The Balaban J connectivity index is 1.32. The smallest absolute Gasteiger partial charge is 0.339 e. The lowest BCUT2D eigenvalue weighted by Crippen LogP contribution is -2.31. The lowest BCUT2D eigenvalue weighted by Gasteiger charge is -2.15. The molecule has 0 fully saturated rings. The molecule has 0 spiro atoms. The second-order valence-electron chi connectivity index (χ2n) is 9.35. The van der Waals surface area contributed by atoms with Crippen LogP contribution in [0.1, 0.15) is 35.1 Å². The van der Waals surface area contributed by atoms with Crippen LogP contribution in [0.4, 0.5) is 5.69 Å². The highest BCUT2D eigenvalue weighted by atomic mass is 16.5. The van der Waals surface area contributed by atoms with Crippen LogP contribution in [-0.2, 0) is 24.1 Å². The molecule has 0 radical (unpaired) electrons. The highest BCUT2D eigenvalue weighted by Gasteiger charge is 2.21. The maximum absolute atomic E-state index is 12.5. The first-order valence-electron chi connectivity index (χ1n) is 12.4. The molecule has 0 bridgehead atoms. The number of carbonyl (C=O) groups is 1. The first kappa shape index (κ1) is 26.0. The summed E-state index contributed by atoms with van der Waals surface area (Å²) in [4.78, 5) is 24.9. The molecule has 0 saturated heterocycles. The van der Waals surface area contributed by atoms with Gasteiger partial charge in [0.05, 0.1) is 6.61 Å². The van der Waals surface area contributed by atoms with E-state index in [2.05, 4.69) is 0 Å². The molecule has 37 heavy (non-hydrogen) atoms. The Hall–Kier alpha value is -4.10. The molecule has 0 aliphatic heterocycles. The van der Waals surface area contributed by atoms with Gasteiger partial charge >= 0.3 is 5.63 Å². The molecule has 1 aromatic heterocycles. The molecule has 0 aliphatic rings. The van der Waals surface area contributed by atoms with E-state index in [1.54, 1.807) is 17.6 Å². The predicted octanol–water partition coefficient (Wildman–Crippen LogP) is 4.99. The Morgan fingerprint density at radius 3 is 2.43 bits per heavy atom. The van der Waals surface area contributed by atoms with E-state index >= 15 is 0 Å². The van der Waals surface area contributed by atoms with E-state index in [-0.39, 0.29) is 6.42 Å². The lowest BCUT2D eigenvalue weighted by molar-refractivity contribution is -0.133. The van der Waals surface area contributed by atoms with Crippen molar-refractivity contribution in [1.29, 1.82) is 0 Å². The third kappa shape index (κ3) is 7.21. The number of hydrogen-bond acceptors (Lipinski definition) is 6. The number of fused-ring (bicyclic) bond motifs is 1. The van der Waals surface area contributed by atoms with Crippen LogP contribution >= 0.6 is 0 Å². The van der Waals surface area contributed by atoms with Crippen molar-refractivity contribution in [1.82, 2.24) is 5.48 Å². The molecule has 192 valence electrons. The zero-order valence-corrected chi connectivity index (χ0v) is 20.9. The molecule has 1 amide bonds. The molecule has 7 nitrogen and oxygen atoms in total. The van der Waals surface area contributed by atoms with Crippen molar-refractivity contribution in [2.75, 3.05) is 12.3 Å². The molecule has 0 saturated carbocycles. The number of aryl methyl sites for hydroxylation is 3. The standard InChI is InChI=1S/C30H32N2O5/c1-20-4-15-28-24(17-20)19-25(30(34)37-28)18-23(29(33)32-35)10-5-22-8-13-27(14-9-22)36-16-2-3-21-6-11-26(31)12-7-21/h4,6-9,11-15,17,19,23,35H,2-3,5,10,16,18,31H2,1H3,(H,32,33). The van der Waals surface area contributed by atoms with E-state index in [9.17, 15) is 14.8 Å². The van der Waals surface area contributed by atoms with Crippen LogP contribution in [0.5, 0.6) is 5.75 Å². The molecule has 1 heterocycles. The zero-order chi connectivity index (χ0) is 26.2. The lowest BCUT2D eigenvalue weighted by atomic mass is 9.92. The minimum atomic E-state index is -0.584. The van der Waals surface area contributed by atoms with Gasteiger partial charge in [0, 0.05) is 22.6 Å². The fourth-order valence-corrected chi connectivity index (χ4v) is 4.35. The predicted molar refractivity (Wildman–Crippen MR) is 144 cm³/mol. The fraction of sp³-hybridized carbons (Fsp3) is 0.267. The average molecular weight is 501 g/mol. The minimum Gasteiger partial charge on any atom is -0.494 e. The van der Waals surface area contributed by atoms with E-state index in [0.29, 0.717) is 30.6 Å². The van der Waals surface area contributed by atoms with Crippen molar-refractivity contribution in [3.05, 3.63) is 105 Å². The van der Waals surface area contributed by atoms with Gasteiger partial charge in [-0.2, -0.15) is 0 Å². The number of hydroxylamine groups is 1. The summed E-state index contributed by atoms with van der Waals surface area (Å²) in [7, 11) is 0. The van der Waals surface area contributed by atoms with E-state index in [1.165, 1.54) is 5.56 Å². The van der Waals surface area contributed by atoms with Gasteiger partial charge in [0.2, 0.25) is 5.91 Å². The number of benzene rings is 3. The van der Waals surface area contributed by atoms with Gasteiger partial charge in [-0.05, 0) is 92.6 Å². The largest absolute Gasteiger partial charge is 0.494 e. The summed E-state index contributed by atoms with van der Waals surface area (Å²) in [6.07, 6.45) is 3.05. The Labute approximate surface area is 215 Å². The highest BCUT2D eigenvalue weighted by molar-refractivity contribution is 5.79. The second-order valence-corrected chi connectivity index (χ2v) is 9.35. The molecule has 1 unspecified atom stereocenters. The molecule has 1 atom stereocenters. The number of carbonyl (C=O) groups excluding carboxylic acids is 1. The summed E-state index contributed by atoms with van der Waals surface area (Å²) in [6, 6.07) is 23.0. The van der Waals surface area contributed by atoms with Gasteiger partial charge in [-0.1, -0.05) is 35.9 Å². The van der Waals surface area contributed by atoms with Gasteiger partial charge in [-0.15, -0.1) is 0 Å². The maximum atomic E-state index is 12.5. The van der Waals surface area contributed by atoms with Crippen LogP contribution in [0, 0.1) is 12.8 Å². The first-order chi connectivity index (χ1) is 17.9. The van der Waals surface area contributed by atoms with Gasteiger partial charge < -0.3 is 14.9 Å². The summed E-state index contributed by atoms with van der Waals surface area (Å²) in [6.45, 7) is 2.57. The number of hydrogen-bond donors (Lipinski definition) is 3. The number of amides is 1. The second kappa shape index (κ2) is 12.2. The summed E-state index contributed by atoms with van der Waals surface area (Å²) in [5, 5.41) is 10.1. The van der Waals surface area contributed by atoms with Gasteiger partial charge in [-0.25, -0.2) is 10.3 Å². The van der Waals surface area contributed by atoms with E-state index < -0.39 is 17.5 Å². The van der Waals surface area contributed by atoms with E-state index in [0.717, 1.165) is 40.8 Å². The number of ether oxygens (including phenoxy) is 1. The summed E-state index contributed by atoms with van der Waals surface area (Å²) in [5.74, 6) is -0.320. The van der Waals surface area contributed by atoms with Crippen LogP contribution in [0.3, 0.4) is 0 Å². The summed E-state index contributed by atoms with van der Waals surface area (Å²) in [5.41, 5.74) is 12.0.